The molecular formula is C54H59F2N9O4. The number of halogens is 2. The first-order valence-corrected chi connectivity index (χ1v) is 25.1. The summed E-state index contributed by atoms with van der Waals surface area (Å²) in [6, 6.07) is 15.5. The predicted molar refractivity (Wildman–Crippen MR) is 259 cm³/mol. The molecule has 358 valence electrons. The first-order chi connectivity index (χ1) is 33.5. The SMILES string of the molecule is C#Cc1c(F)ccc2cc(O)cc(-c3ncc4c(N5CC6CCC(C5)N6)nc(OCC5(CN6CCC7(CC6)CC(N6CCC(c8ccc(CN9CCC(=O)NC9=O)cc8)CC6)C7)CC5)nc4c3F)c12. The molecule has 3 N–H and O–H groups in total. The number of aromatic nitrogens is 3. The summed E-state index contributed by atoms with van der Waals surface area (Å²) in [6.07, 6.45) is 19.3. The number of ether oxygens (including phenoxy) is 1. The van der Waals surface area contributed by atoms with Gasteiger partial charge in [-0.05, 0) is 136 Å². The maximum absolute atomic E-state index is 17.1. The van der Waals surface area contributed by atoms with E-state index >= 15 is 8.78 Å². The molecule has 5 saturated heterocycles. The van der Waals surface area contributed by atoms with E-state index in [-0.39, 0.29) is 51.5 Å². The van der Waals surface area contributed by atoms with E-state index in [1.807, 2.05) is 0 Å². The number of carbonyl (C=O) groups is 2. The molecule has 3 amide bonds. The standard InChI is InChI=1S/C54H59F2N9O4/c1-2-41-44(55)10-7-36-23-40(66)24-42(46(36)41)48-47(56)49-43(27-57-48)50(65-29-37-8-9-38(30-65)58-37)61-51(60-49)69-32-54(14-15-54)31-62-21-16-53(17-22-62)25-39(26-53)63-18-11-35(12-19-63)34-5-3-33(4-6-34)28-64-20-13-45(67)59-52(64)68/h1,3-7,10,23-24,27,35,37-39,58,66H,8-9,11-22,25-26,28-32H2,(H,59,67,68). The van der Waals surface area contributed by atoms with Crippen LogP contribution in [0.25, 0.3) is 32.9 Å². The van der Waals surface area contributed by atoms with Crippen molar-refractivity contribution in [1.29, 1.82) is 0 Å². The van der Waals surface area contributed by atoms with Gasteiger partial charge in [-0.25, -0.2) is 13.6 Å². The van der Waals surface area contributed by atoms with E-state index in [0.717, 1.165) is 77.1 Å². The van der Waals surface area contributed by atoms with Crippen LogP contribution < -0.4 is 20.3 Å². The fourth-order valence-corrected chi connectivity index (χ4v) is 12.7. The molecule has 15 heteroatoms. The van der Waals surface area contributed by atoms with E-state index in [9.17, 15) is 14.7 Å². The summed E-state index contributed by atoms with van der Waals surface area (Å²) in [5, 5.41) is 18.0. The minimum Gasteiger partial charge on any atom is -0.508 e. The number of rotatable bonds is 11. The molecule has 5 aliphatic heterocycles. The molecule has 7 aliphatic rings. The van der Waals surface area contributed by atoms with Crippen LogP contribution in [0.4, 0.5) is 19.4 Å². The summed E-state index contributed by atoms with van der Waals surface area (Å²) >= 11 is 0. The Morgan fingerprint density at radius 2 is 1.65 bits per heavy atom. The fourth-order valence-electron chi connectivity index (χ4n) is 12.7. The summed E-state index contributed by atoms with van der Waals surface area (Å²) in [6.45, 7) is 8.27. The molecule has 2 saturated carbocycles. The molecule has 2 atom stereocenters. The van der Waals surface area contributed by atoms with Gasteiger partial charge in [0.1, 0.15) is 28.6 Å². The number of likely N-dealkylation sites (tertiary alicyclic amines) is 2. The third kappa shape index (κ3) is 8.52. The second-order valence-electron chi connectivity index (χ2n) is 21.4. The third-order valence-electron chi connectivity index (χ3n) is 16.9. The lowest BCUT2D eigenvalue weighted by molar-refractivity contribution is -0.121. The molecule has 2 aliphatic carbocycles. The Bertz CT molecular complexity index is 2870. The van der Waals surface area contributed by atoms with Crippen molar-refractivity contribution >= 4 is 39.4 Å². The number of fused-ring (bicyclic) bond motifs is 4. The van der Waals surface area contributed by atoms with Gasteiger partial charge in [-0.3, -0.25) is 15.1 Å². The highest BCUT2D eigenvalue weighted by Crippen LogP contribution is 2.53. The summed E-state index contributed by atoms with van der Waals surface area (Å²) in [5.74, 6) is 1.91. The number of nitrogens with one attached hydrogen (secondary N) is 2. The van der Waals surface area contributed by atoms with Crippen LogP contribution in [0.1, 0.15) is 93.2 Å². The molecule has 7 fully saturated rings. The number of pyridine rings is 1. The quantitative estimate of drug-likeness (QED) is 0.114. The summed E-state index contributed by atoms with van der Waals surface area (Å²) in [5.41, 5.74) is 3.03. The number of phenolic OH excluding ortho intramolecular Hbond substituents is 1. The zero-order chi connectivity index (χ0) is 47.0. The lowest BCUT2D eigenvalue weighted by Crippen LogP contribution is -2.56. The molecule has 3 aromatic carbocycles. The van der Waals surface area contributed by atoms with Crippen LogP contribution in [0.15, 0.2) is 54.7 Å². The molecule has 69 heavy (non-hydrogen) atoms. The van der Waals surface area contributed by atoms with E-state index in [4.69, 9.17) is 21.1 Å². The molecule has 12 rings (SSSR count). The lowest BCUT2D eigenvalue weighted by atomic mass is 9.59. The average Bonchev–Trinajstić information content (AvgIpc) is 4.03. The van der Waals surface area contributed by atoms with Crippen molar-refractivity contribution in [3.63, 3.8) is 0 Å². The maximum atomic E-state index is 17.1. The van der Waals surface area contributed by atoms with Crippen molar-refractivity contribution in [2.45, 2.75) is 101 Å². The Morgan fingerprint density at radius 3 is 2.36 bits per heavy atom. The van der Waals surface area contributed by atoms with Crippen molar-refractivity contribution in [3.8, 4) is 35.4 Å². The van der Waals surface area contributed by atoms with Gasteiger partial charge in [0.15, 0.2) is 5.82 Å². The average molecular weight is 936 g/mol. The number of nitrogens with zero attached hydrogens (tertiary/aromatic N) is 7. The predicted octanol–water partition coefficient (Wildman–Crippen LogP) is 7.48. The smallest absolute Gasteiger partial charge is 0.324 e. The number of piperidine rings is 2. The number of benzene rings is 3. The van der Waals surface area contributed by atoms with Gasteiger partial charge in [0.25, 0.3) is 0 Å². The number of phenols is 1. The van der Waals surface area contributed by atoms with E-state index < -0.39 is 11.6 Å². The monoisotopic (exact) mass is 935 g/mol. The van der Waals surface area contributed by atoms with Crippen molar-refractivity contribution in [1.82, 2.24) is 40.3 Å². The highest BCUT2D eigenvalue weighted by atomic mass is 19.1. The van der Waals surface area contributed by atoms with Gasteiger partial charge in [-0.1, -0.05) is 36.3 Å². The third-order valence-corrected chi connectivity index (χ3v) is 16.9. The Balaban J connectivity index is 0.680. The van der Waals surface area contributed by atoms with Crippen molar-refractivity contribution in [2.75, 3.05) is 63.9 Å². The molecule has 2 unspecified atom stereocenters. The van der Waals surface area contributed by atoms with Crippen LogP contribution >= 0.6 is 0 Å². The van der Waals surface area contributed by atoms with Crippen LogP contribution in [0.3, 0.4) is 0 Å². The van der Waals surface area contributed by atoms with Gasteiger partial charge < -0.3 is 34.8 Å². The molecule has 7 heterocycles. The van der Waals surface area contributed by atoms with Gasteiger partial charge >= 0.3 is 12.0 Å². The number of hydrogen-bond acceptors (Lipinski definition) is 11. The van der Waals surface area contributed by atoms with Gasteiger partial charge in [0.2, 0.25) is 5.91 Å². The van der Waals surface area contributed by atoms with E-state index in [2.05, 4.69) is 60.5 Å². The van der Waals surface area contributed by atoms with Gasteiger partial charge in [0, 0.05) is 79.8 Å². The minimum absolute atomic E-state index is 0.00639. The largest absolute Gasteiger partial charge is 0.508 e. The molecule has 13 nitrogen and oxygen atoms in total. The van der Waals surface area contributed by atoms with Crippen LogP contribution in [0.5, 0.6) is 11.8 Å². The van der Waals surface area contributed by atoms with E-state index in [1.165, 1.54) is 68.4 Å². The first-order valence-electron chi connectivity index (χ1n) is 25.1. The number of piperazine rings is 1. The molecule has 5 aromatic rings. The summed E-state index contributed by atoms with van der Waals surface area (Å²) in [7, 11) is 0. The van der Waals surface area contributed by atoms with Crippen LogP contribution in [-0.2, 0) is 11.3 Å². The second-order valence-corrected chi connectivity index (χ2v) is 21.4. The van der Waals surface area contributed by atoms with Crippen LogP contribution in [0.2, 0.25) is 0 Å². The fraction of sp³-hybridized carbons (Fsp3) is 0.500. The number of aromatic hydroxyl groups is 1. The number of hydrogen-bond donors (Lipinski definition) is 3. The van der Waals surface area contributed by atoms with E-state index in [1.54, 1.807) is 11.1 Å². The number of anilines is 1. The number of carbonyl (C=O) groups excluding carboxylic acids is 2. The zero-order valence-corrected chi connectivity index (χ0v) is 39.0. The van der Waals surface area contributed by atoms with Crippen molar-refractivity contribution in [2.24, 2.45) is 10.8 Å². The Morgan fingerprint density at radius 1 is 0.899 bits per heavy atom. The summed E-state index contributed by atoms with van der Waals surface area (Å²) in [4.78, 5) is 47.3. The molecule has 0 radical (unpaired) electrons. The van der Waals surface area contributed by atoms with Gasteiger partial charge in [-0.15, -0.1) is 6.42 Å². The second kappa shape index (κ2) is 17.5. The lowest BCUT2D eigenvalue weighted by Gasteiger charge is -2.56. The highest BCUT2D eigenvalue weighted by molar-refractivity contribution is 6.03. The van der Waals surface area contributed by atoms with Crippen molar-refractivity contribution in [3.05, 3.63) is 83.1 Å². The number of amides is 3. The van der Waals surface area contributed by atoms with Crippen molar-refractivity contribution < 1.29 is 28.2 Å². The van der Waals surface area contributed by atoms with Crippen LogP contribution in [0, 0.1) is 34.8 Å². The minimum atomic E-state index is -0.713. The molecule has 2 aromatic heterocycles. The molecule has 2 bridgehead atoms. The first kappa shape index (κ1) is 44.3. The Labute approximate surface area is 401 Å². The van der Waals surface area contributed by atoms with Gasteiger partial charge in [0.05, 0.1) is 17.6 Å². The van der Waals surface area contributed by atoms with E-state index in [0.29, 0.717) is 77.6 Å². The van der Waals surface area contributed by atoms with Gasteiger partial charge in [-0.2, -0.15) is 9.97 Å². The Kier molecular flexibility index (Phi) is 11.2. The summed E-state index contributed by atoms with van der Waals surface area (Å²) < 4.78 is 38.7. The Hall–Kier alpha value is -5.95. The zero-order valence-electron chi connectivity index (χ0n) is 39.0. The van der Waals surface area contributed by atoms with Crippen LogP contribution in [-0.4, -0.2) is 124 Å². The maximum Gasteiger partial charge on any atom is 0.324 e. The molecular weight excluding hydrogens is 877 g/mol. The number of imide groups is 1. The molecule has 1 spiro atoms. The topological polar surface area (TPSA) is 139 Å². The highest BCUT2D eigenvalue weighted by Gasteiger charge is 2.51. The number of terminal acetylenes is 1. The normalized spacial score (nSPS) is 23.9. The number of urea groups is 1.